The van der Waals surface area contributed by atoms with E-state index in [2.05, 4.69) is 19.2 Å². The highest BCUT2D eigenvalue weighted by Gasteiger charge is 2.11. The molecule has 0 amide bonds. The van der Waals surface area contributed by atoms with Crippen molar-refractivity contribution in [2.75, 3.05) is 7.11 Å². The van der Waals surface area contributed by atoms with Gasteiger partial charge in [-0.25, -0.2) is 4.39 Å². The van der Waals surface area contributed by atoms with Crippen LogP contribution in [0.15, 0.2) is 48.5 Å². The first-order valence-electron chi connectivity index (χ1n) is 6.75. The van der Waals surface area contributed by atoms with Gasteiger partial charge in [0, 0.05) is 12.1 Å². The summed E-state index contributed by atoms with van der Waals surface area (Å²) in [6, 6.07) is 15.0. The van der Waals surface area contributed by atoms with Crippen molar-refractivity contribution in [3.8, 4) is 5.75 Å². The Morgan fingerprint density at radius 2 is 1.30 bits per heavy atom. The van der Waals surface area contributed by atoms with Crippen LogP contribution in [0.1, 0.15) is 37.1 Å². The number of hydrogen-bond donors (Lipinski definition) is 1. The molecule has 0 saturated heterocycles. The van der Waals surface area contributed by atoms with Crippen molar-refractivity contribution < 1.29 is 9.13 Å². The molecule has 2 aromatic carbocycles. The van der Waals surface area contributed by atoms with E-state index in [1.807, 2.05) is 36.4 Å². The summed E-state index contributed by atoms with van der Waals surface area (Å²) in [6.45, 7) is 4.19. The van der Waals surface area contributed by atoms with Crippen LogP contribution in [0.4, 0.5) is 4.39 Å². The van der Waals surface area contributed by atoms with Crippen LogP contribution in [-0.4, -0.2) is 7.11 Å². The summed E-state index contributed by atoms with van der Waals surface area (Å²) in [5, 5.41) is 3.51. The van der Waals surface area contributed by atoms with Gasteiger partial charge >= 0.3 is 0 Å². The van der Waals surface area contributed by atoms with Crippen molar-refractivity contribution in [3.05, 3.63) is 65.5 Å². The molecule has 0 aliphatic heterocycles. The van der Waals surface area contributed by atoms with E-state index in [1.165, 1.54) is 17.7 Å². The summed E-state index contributed by atoms with van der Waals surface area (Å²) in [4.78, 5) is 0. The molecule has 2 atom stereocenters. The van der Waals surface area contributed by atoms with Gasteiger partial charge in [-0.15, -0.1) is 0 Å². The third kappa shape index (κ3) is 3.58. The van der Waals surface area contributed by atoms with Crippen molar-refractivity contribution in [1.29, 1.82) is 0 Å². The van der Waals surface area contributed by atoms with E-state index in [9.17, 15) is 4.39 Å². The predicted octanol–water partition coefficient (Wildman–Crippen LogP) is 4.25. The average Bonchev–Trinajstić information content (AvgIpc) is 2.48. The third-order valence-corrected chi connectivity index (χ3v) is 3.49. The van der Waals surface area contributed by atoms with Crippen molar-refractivity contribution in [2.45, 2.75) is 25.9 Å². The summed E-state index contributed by atoms with van der Waals surface area (Å²) >= 11 is 0. The van der Waals surface area contributed by atoms with Gasteiger partial charge in [0.1, 0.15) is 11.6 Å². The first-order chi connectivity index (χ1) is 9.60. The normalized spacial score (nSPS) is 13.8. The van der Waals surface area contributed by atoms with Crippen LogP contribution in [0.2, 0.25) is 0 Å². The van der Waals surface area contributed by atoms with Gasteiger partial charge in [0.25, 0.3) is 0 Å². The minimum absolute atomic E-state index is 0.160. The molecule has 1 N–H and O–H groups in total. The highest BCUT2D eigenvalue weighted by Crippen LogP contribution is 2.21. The highest BCUT2D eigenvalue weighted by atomic mass is 19.1. The molecule has 2 nitrogen and oxygen atoms in total. The first kappa shape index (κ1) is 14.5. The van der Waals surface area contributed by atoms with E-state index >= 15 is 0 Å². The Labute approximate surface area is 119 Å². The lowest BCUT2D eigenvalue weighted by atomic mass is 10.0. The molecule has 3 heteroatoms. The smallest absolute Gasteiger partial charge is 0.123 e. The van der Waals surface area contributed by atoms with E-state index in [4.69, 9.17) is 4.74 Å². The second-order valence-electron chi connectivity index (χ2n) is 4.93. The summed E-state index contributed by atoms with van der Waals surface area (Å²) in [5.74, 6) is 0.650. The molecule has 0 aliphatic carbocycles. The second kappa shape index (κ2) is 6.53. The molecule has 0 spiro atoms. The van der Waals surface area contributed by atoms with Crippen molar-refractivity contribution in [1.82, 2.24) is 5.32 Å². The fourth-order valence-electron chi connectivity index (χ4n) is 2.21. The molecular weight excluding hydrogens is 253 g/mol. The molecule has 0 saturated carbocycles. The minimum Gasteiger partial charge on any atom is -0.497 e. The number of hydrogen-bond acceptors (Lipinski definition) is 2. The van der Waals surface area contributed by atoms with Crippen LogP contribution in [0.3, 0.4) is 0 Å². The van der Waals surface area contributed by atoms with Crippen LogP contribution < -0.4 is 10.1 Å². The van der Waals surface area contributed by atoms with Crippen LogP contribution in [-0.2, 0) is 0 Å². The average molecular weight is 273 g/mol. The topological polar surface area (TPSA) is 21.3 Å². The van der Waals surface area contributed by atoms with Gasteiger partial charge in [-0.05, 0) is 49.2 Å². The SMILES string of the molecule is COc1ccc([C@H](C)NC(C)c2ccc(F)cc2)cc1. The lowest BCUT2D eigenvalue weighted by molar-refractivity contribution is 0.414. The molecule has 106 valence electrons. The lowest BCUT2D eigenvalue weighted by Gasteiger charge is -2.21. The standard InChI is InChI=1S/C17H20FNO/c1-12(14-4-8-16(18)9-5-14)19-13(2)15-6-10-17(20-3)11-7-15/h4-13,19H,1-3H3/t12?,13-/m0/s1. The van der Waals surface area contributed by atoms with Gasteiger partial charge in [0.15, 0.2) is 0 Å². The summed E-state index contributed by atoms with van der Waals surface area (Å²) < 4.78 is 18.1. The fourth-order valence-corrected chi connectivity index (χ4v) is 2.21. The number of benzene rings is 2. The van der Waals surface area contributed by atoms with E-state index in [1.54, 1.807) is 7.11 Å². The zero-order valence-corrected chi connectivity index (χ0v) is 12.1. The Morgan fingerprint density at radius 3 is 1.75 bits per heavy atom. The zero-order valence-electron chi connectivity index (χ0n) is 12.1. The van der Waals surface area contributed by atoms with Gasteiger partial charge in [-0.1, -0.05) is 24.3 Å². The molecule has 0 radical (unpaired) electrons. The second-order valence-corrected chi connectivity index (χ2v) is 4.93. The molecule has 20 heavy (non-hydrogen) atoms. The van der Waals surface area contributed by atoms with E-state index in [0.29, 0.717) is 0 Å². The van der Waals surface area contributed by atoms with Crippen LogP contribution >= 0.6 is 0 Å². The number of ether oxygens (including phenoxy) is 1. The minimum atomic E-state index is -0.204. The number of rotatable bonds is 5. The Balaban J connectivity index is 2.02. The Bertz CT molecular complexity index is 536. The molecule has 2 aromatic rings. The van der Waals surface area contributed by atoms with Gasteiger partial charge in [-0.3, -0.25) is 0 Å². The van der Waals surface area contributed by atoms with Crippen LogP contribution in [0.5, 0.6) is 5.75 Å². The van der Waals surface area contributed by atoms with Crippen LogP contribution in [0.25, 0.3) is 0 Å². The fraction of sp³-hybridized carbons (Fsp3) is 0.294. The maximum atomic E-state index is 12.9. The number of halogens is 1. The Kier molecular flexibility index (Phi) is 4.74. The van der Waals surface area contributed by atoms with E-state index < -0.39 is 0 Å². The van der Waals surface area contributed by atoms with Gasteiger partial charge < -0.3 is 10.1 Å². The highest BCUT2D eigenvalue weighted by molar-refractivity contribution is 5.29. The number of nitrogens with one attached hydrogen (secondary N) is 1. The molecule has 0 aromatic heterocycles. The van der Waals surface area contributed by atoms with Crippen molar-refractivity contribution in [2.24, 2.45) is 0 Å². The largest absolute Gasteiger partial charge is 0.497 e. The summed E-state index contributed by atoms with van der Waals surface area (Å²) in [6.07, 6.45) is 0. The van der Waals surface area contributed by atoms with Gasteiger partial charge in [0.05, 0.1) is 7.11 Å². The Morgan fingerprint density at radius 1 is 0.850 bits per heavy atom. The van der Waals surface area contributed by atoms with Crippen molar-refractivity contribution in [3.63, 3.8) is 0 Å². The van der Waals surface area contributed by atoms with E-state index in [-0.39, 0.29) is 17.9 Å². The maximum absolute atomic E-state index is 12.9. The number of methoxy groups -OCH3 is 1. The molecule has 0 bridgehead atoms. The van der Waals surface area contributed by atoms with E-state index in [0.717, 1.165) is 11.3 Å². The predicted molar refractivity (Wildman–Crippen MR) is 79.4 cm³/mol. The van der Waals surface area contributed by atoms with Crippen molar-refractivity contribution >= 4 is 0 Å². The molecule has 2 rings (SSSR count). The van der Waals surface area contributed by atoms with Gasteiger partial charge in [0.2, 0.25) is 0 Å². The third-order valence-electron chi connectivity index (χ3n) is 3.49. The molecular formula is C17H20FNO. The first-order valence-corrected chi connectivity index (χ1v) is 6.75. The molecule has 0 aliphatic rings. The Hall–Kier alpha value is -1.87. The molecule has 1 unspecified atom stereocenters. The summed E-state index contributed by atoms with van der Waals surface area (Å²) in [5.41, 5.74) is 2.27. The lowest BCUT2D eigenvalue weighted by Crippen LogP contribution is -2.22. The monoisotopic (exact) mass is 273 g/mol. The van der Waals surface area contributed by atoms with Crippen LogP contribution in [0, 0.1) is 5.82 Å². The summed E-state index contributed by atoms with van der Waals surface area (Å²) in [7, 11) is 1.66. The van der Waals surface area contributed by atoms with Gasteiger partial charge in [-0.2, -0.15) is 0 Å². The zero-order chi connectivity index (χ0) is 14.5. The quantitative estimate of drug-likeness (QED) is 0.879. The molecule has 0 fully saturated rings. The molecule has 0 heterocycles. The maximum Gasteiger partial charge on any atom is 0.123 e.